The SMILES string of the molecule is O=C(N[n+]1ccc(-c2ccncc2)cc1)C(F)(F)C(F)(F)C(F)(F)F. The number of alkyl halides is 7. The minimum Gasteiger partial charge on any atom is -0.265 e. The van der Waals surface area contributed by atoms with Crippen LogP contribution >= 0.6 is 0 Å². The fourth-order valence-electron chi connectivity index (χ4n) is 1.75. The van der Waals surface area contributed by atoms with Gasteiger partial charge in [0.05, 0.1) is 0 Å². The lowest BCUT2D eigenvalue weighted by Gasteiger charge is -2.25. The summed E-state index contributed by atoms with van der Waals surface area (Å²) in [5.41, 5.74) is 2.53. The van der Waals surface area contributed by atoms with Crippen molar-refractivity contribution in [1.29, 1.82) is 0 Å². The highest BCUT2D eigenvalue weighted by atomic mass is 19.4. The molecule has 11 heteroatoms. The van der Waals surface area contributed by atoms with Crippen LogP contribution in [-0.4, -0.2) is 28.9 Å². The van der Waals surface area contributed by atoms with E-state index in [4.69, 9.17) is 0 Å². The molecule has 1 N–H and O–H groups in total. The molecule has 0 unspecified atom stereocenters. The quantitative estimate of drug-likeness (QED) is 0.666. The third-order valence-corrected chi connectivity index (χ3v) is 3.11. The molecule has 0 spiro atoms. The average Bonchev–Trinajstić information content (AvgIpc) is 2.55. The van der Waals surface area contributed by atoms with E-state index >= 15 is 0 Å². The van der Waals surface area contributed by atoms with E-state index in [-0.39, 0.29) is 0 Å². The second-order valence-electron chi connectivity index (χ2n) is 4.82. The van der Waals surface area contributed by atoms with E-state index in [0.717, 1.165) is 12.4 Å². The molecule has 2 heterocycles. The number of pyridine rings is 2. The van der Waals surface area contributed by atoms with Crippen LogP contribution in [-0.2, 0) is 4.79 Å². The fourth-order valence-corrected chi connectivity index (χ4v) is 1.75. The number of rotatable bonds is 4. The van der Waals surface area contributed by atoms with Crippen LogP contribution in [0.5, 0.6) is 0 Å². The van der Waals surface area contributed by atoms with Crippen LogP contribution in [0.2, 0.25) is 0 Å². The summed E-state index contributed by atoms with van der Waals surface area (Å²) in [5.74, 6) is -15.3. The molecule has 0 aliphatic rings. The van der Waals surface area contributed by atoms with E-state index in [9.17, 15) is 35.5 Å². The van der Waals surface area contributed by atoms with Gasteiger partial charge in [0.25, 0.3) is 0 Å². The van der Waals surface area contributed by atoms with Crippen molar-refractivity contribution in [2.75, 3.05) is 5.43 Å². The second-order valence-corrected chi connectivity index (χ2v) is 4.82. The maximum atomic E-state index is 13.2. The van der Waals surface area contributed by atoms with Gasteiger partial charge < -0.3 is 0 Å². The normalized spacial score (nSPS) is 12.8. The molecular weight excluding hydrogens is 359 g/mol. The highest BCUT2D eigenvalue weighted by molar-refractivity contribution is 5.90. The lowest BCUT2D eigenvalue weighted by Crippen LogP contribution is -2.62. The summed E-state index contributed by atoms with van der Waals surface area (Å²) >= 11 is 0. The summed E-state index contributed by atoms with van der Waals surface area (Å²) < 4.78 is 88.7. The molecule has 2 aromatic heterocycles. The predicted molar refractivity (Wildman–Crippen MR) is 70.2 cm³/mol. The Morgan fingerprint density at radius 2 is 1.36 bits per heavy atom. The van der Waals surface area contributed by atoms with Gasteiger partial charge in [0.1, 0.15) is 0 Å². The van der Waals surface area contributed by atoms with Gasteiger partial charge in [0.15, 0.2) is 0 Å². The number of carbonyl (C=O) groups is 1. The molecule has 0 aliphatic carbocycles. The molecule has 134 valence electrons. The number of amides is 1. The molecule has 25 heavy (non-hydrogen) atoms. The molecule has 0 aliphatic heterocycles. The van der Waals surface area contributed by atoms with Crippen LogP contribution in [0.25, 0.3) is 11.1 Å². The van der Waals surface area contributed by atoms with Crippen molar-refractivity contribution < 1.29 is 40.2 Å². The minimum atomic E-state index is -6.58. The van der Waals surface area contributed by atoms with E-state index in [1.54, 1.807) is 12.1 Å². The van der Waals surface area contributed by atoms with Gasteiger partial charge in [0, 0.05) is 24.5 Å². The Morgan fingerprint density at radius 3 is 1.84 bits per heavy atom. The first kappa shape index (κ1) is 18.6. The zero-order valence-electron chi connectivity index (χ0n) is 12.1. The molecule has 4 nitrogen and oxygen atoms in total. The first-order valence-corrected chi connectivity index (χ1v) is 6.52. The van der Waals surface area contributed by atoms with Gasteiger partial charge in [-0.3, -0.25) is 9.78 Å². The van der Waals surface area contributed by atoms with E-state index in [1.807, 2.05) is 0 Å². The van der Waals surface area contributed by atoms with Crippen molar-refractivity contribution in [3.63, 3.8) is 0 Å². The zero-order valence-corrected chi connectivity index (χ0v) is 12.1. The van der Waals surface area contributed by atoms with E-state index in [2.05, 4.69) is 4.98 Å². The van der Waals surface area contributed by atoms with Gasteiger partial charge in [-0.2, -0.15) is 30.7 Å². The Kier molecular flexibility index (Phi) is 4.69. The van der Waals surface area contributed by atoms with Crippen molar-refractivity contribution in [2.24, 2.45) is 0 Å². The number of aromatic nitrogens is 2. The lowest BCUT2D eigenvalue weighted by molar-refractivity contribution is -0.643. The Hall–Kier alpha value is -2.72. The van der Waals surface area contributed by atoms with Crippen molar-refractivity contribution in [3.8, 4) is 11.1 Å². The second kappa shape index (κ2) is 6.30. The summed E-state index contributed by atoms with van der Waals surface area (Å²) in [6, 6.07) is 5.90. The highest BCUT2D eigenvalue weighted by Gasteiger charge is 2.77. The Bertz CT molecular complexity index is 745. The Labute approximate surface area is 135 Å². The molecule has 0 saturated heterocycles. The predicted octanol–water partition coefficient (Wildman–Crippen LogP) is 2.94. The monoisotopic (exact) mass is 368 g/mol. The summed E-state index contributed by atoms with van der Waals surface area (Å²) in [4.78, 5) is 15.0. The molecule has 0 atom stereocenters. The number of nitrogens with one attached hydrogen (secondary N) is 1. The molecule has 0 fully saturated rings. The Morgan fingerprint density at radius 1 is 0.880 bits per heavy atom. The number of carbonyl (C=O) groups excluding carboxylic acids is 1. The van der Waals surface area contributed by atoms with Gasteiger partial charge in [-0.15, -0.1) is 5.43 Å². The van der Waals surface area contributed by atoms with Crippen LogP contribution < -0.4 is 10.1 Å². The molecule has 2 rings (SSSR count). The smallest absolute Gasteiger partial charge is 0.265 e. The van der Waals surface area contributed by atoms with Crippen LogP contribution in [0.15, 0.2) is 49.1 Å². The van der Waals surface area contributed by atoms with Gasteiger partial charge in [-0.1, -0.05) is 4.68 Å². The minimum absolute atomic E-state index is 0.535. The van der Waals surface area contributed by atoms with Crippen molar-refractivity contribution >= 4 is 5.91 Å². The summed E-state index contributed by atoms with van der Waals surface area (Å²) in [6.07, 6.45) is -1.59. The Balaban J connectivity index is 2.18. The maximum Gasteiger partial charge on any atom is 0.460 e. The maximum absolute atomic E-state index is 13.2. The van der Waals surface area contributed by atoms with Crippen molar-refractivity contribution in [3.05, 3.63) is 49.1 Å². The van der Waals surface area contributed by atoms with Crippen molar-refractivity contribution in [2.45, 2.75) is 18.0 Å². The molecule has 0 bridgehead atoms. The summed E-state index contributed by atoms with van der Waals surface area (Å²) in [6.45, 7) is 0. The van der Waals surface area contributed by atoms with E-state index in [1.165, 1.54) is 30.0 Å². The molecule has 0 aromatic carbocycles. The third-order valence-electron chi connectivity index (χ3n) is 3.11. The lowest BCUT2D eigenvalue weighted by atomic mass is 10.1. The third kappa shape index (κ3) is 3.54. The molecule has 0 saturated carbocycles. The molecule has 1 amide bonds. The van der Waals surface area contributed by atoms with Gasteiger partial charge in [-0.05, 0) is 23.3 Å². The van der Waals surface area contributed by atoms with Crippen molar-refractivity contribution in [1.82, 2.24) is 4.98 Å². The molecule has 0 radical (unpaired) electrons. The summed E-state index contributed by atoms with van der Waals surface area (Å²) in [7, 11) is 0. The average molecular weight is 368 g/mol. The van der Waals surface area contributed by atoms with Crippen LogP contribution in [0.1, 0.15) is 0 Å². The van der Waals surface area contributed by atoms with Gasteiger partial charge in [-0.25, -0.2) is 0 Å². The van der Waals surface area contributed by atoms with Crippen LogP contribution in [0, 0.1) is 0 Å². The topological polar surface area (TPSA) is 45.9 Å². The van der Waals surface area contributed by atoms with Gasteiger partial charge in [0.2, 0.25) is 12.4 Å². The standard InChI is InChI=1S/C14H8F7N3O/c15-12(16,13(17,18)14(19,20)21)11(25)23-24-7-3-10(4-8-24)9-1-5-22-6-2-9/h1-8H/p+1. The highest BCUT2D eigenvalue weighted by Crippen LogP contribution is 2.46. The van der Waals surface area contributed by atoms with Gasteiger partial charge >= 0.3 is 23.9 Å². The van der Waals surface area contributed by atoms with E-state index < -0.39 is 23.9 Å². The zero-order chi connectivity index (χ0) is 18.9. The largest absolute Gasteiger partial charge is 0.460 e. The number of halogens is 7. The van der Waals surface area contributed by atoms with Crippen LogP contribution in [0.4, 0.5) is 30.7 Å². The molecular formula is C14H9F7N3O+. The number of nitrogens with zero attached hydrogens (tertiary/aromatic N) is 2. The number of hydrogen-bond acceptors (Lipinski definition) is 2. The first-order valence-electron chi connectivity index (χ1n) is 6.52. The fraction of sp³-hybridized carbons (Fsp3) is 0.214. The first-order chi connectivity index (χ1) is 11.5. The van der Waals surface area contributed by atoms with Crippen LogP contribution in [0.3, 0.4) is 0 Å². The molecule has 2 aromatic rings. The van der Waals surface area contributed by atoms with E-state index in [0.29, 0.717) is 15.8 Å². The summed E-state index contributed by atoms with van der Waals surface area (Å²) in [5, 5.41) is 0. The number of hydrogen-bond donors (Lipinski definition) is 1.